The van der Waals surface area contributed by atoms with Crippen molar-refractivity contribution in [3.05, 3.63) is 57.0 Å². The molecule has 1 aromatic carbocycles. The van der Waals surface area contributed by atoms with Gasteiger partial charge in [-0.15, -0.1) is 0 Å². The van der Waals surface area contributed by atoms with Gasteiger partial charge in [0.05, 0.1) is 17.6 Å². The maximum absolute atomic E-state index is 12.4. The van der Waals surface area contributed by atoms with E-state index < -0.39 is 23.1 Å². The SMILES string of the molecule is Cn1c(=O)c2c(ncn2CC(=O)Nc2ccccc2C(N)=O)n(C)c1=O. The molecule has 0 saturated heterocycles. The van der Waals surface area contributed by atoms with Crippen molar-refractivity contribution in [1.82, 2.24) is 18.7 Å². The molecule has 10 nitrogen and oxygen atoms in total. The highest BCUT2D eigenvalue weighted by Gasteiger charge is 2.17. The fraction of sp³-hybridized carbons (Fsp3) is 0.188. The Bertz CT molecular complexity index is 1150. The minimum Gasteiger partial charge on any atom is -0.366 e. The van der Waals surface area contributed by atoms with Crippen molar-refractivity contribution in [3.63, 3.8) is 0 Å². The number of amides is 2. The lowest BCUT2D eigenvalue weighted by molar-refractivity contribution is -0.116. The molecule has 26 heavy (non-hydrogen) atoms. The van der Waals surface area contributed by atoms with Crippen LogP contribution in [0.1, 0.15) is 10.4 Å². The number of benzene rings is 1. The van der Waals surface area contributed by atoms with Crippen molar-refractivity contribution in [1.29, 1.82) is 0 Å². The summed E-state index contributed by atoms with van der Waals surface area (Å²) in [6.45, 7) is -0.225. The van der Waals surface area contributed by atoms with Crippen molar-refractivity contribution in [2.24, 2.45) is 19.8 Å². The van der Waals surface area contributed by atoms with E-state index in [9.17, 15) is 19.2 Å². The smallest absolute Gasteiger partial charge is 0.332 e. The zero-order valence-electron chi connectivity index (χ0n) is 14.1. The summed E-state index contributed by atoms with van der Waals surface area (Å²) in [5.74, 6) is -1.15. The van der Waals surface area contributed by atoms with Crippen LogP contribution in [0.25, 0.3) is 11.2 Å². The maximum Gasteiger partial charge on any atom is 0.332 e. The van der Waals surface area contributed by atoms with Gasteiger partial charge in [0.1, 0.15) is 6.54 Å². The lowest BCUT2D eigenvalue weighted by Gasteiger charge is -2.10. The number of aromatic nitrogens is 4. The highest BCUT2D eigenvalue weighted by atomic mass is 16.2. The highest BCUT2D eigenvalue weighted by molar-refractivity contribution is 6.03. The van der Waals surface area contributed by atoms with Gasteiger partial charge in [-0.3, -0.25) is 23.5 Å². The molecular weight excluding hydrogens is 340 g/mol. The van der Waals surface area contributed by atoms with E-state index in [0.717, 1.165) is 4.57 Å². The van der Waals surface area contributed by atoms with Crippen LogP contribution < -0.4 is 22.3 Å². The minimum atomic E-state index is -0.669. The molecule has 0 atom stereocenters. The van der Waals surface area contributed by atoms with Gasteiger partial charge in [-0.05, 0) is 12.1 Å². The van der Waals surface area contributed by atoms with E-state index in [1.807, 2.05) is 0 Å². The Morgan fingerprint density at radius 2 is 1.85 bits per heavy atom. The quantitative estimate of drug-likeness (QED) is 0.629. The second kappa shape index (κ2) is 6.31. The molecule has 10 heteroatoms. The van der Waals surface area contributed by atoms with Crippen LogP contribution >= 0.6 is 0 Å². The fourth-order valence-electron chi connectivity index (χ4n) is 2.67. The van der Waals surface area contributed by atoms with Gasteiger partial charge in [0.25, 0.3) is 11.5 Å². The number of anilines is 1. The van der Waals surface area contributed by atoms with Crippen molar-refractivity contribution < 1.29 is 9.59 Å². The molecule has 2 heterocycles. The number of imidazole rings is 1. The first-order valence-electron chi connectivity index (χ1n) is 7.60. The lowest BCUT2D eigenvalue weighted by atomic mass is 10.1. The molecule has 3 rings (SSSR count). The summed E-state index contributed by atoms with van der Waals surface area (Å²) < 4.78 is 3.52. The van der Waals surface area contributed by atoms with Gasteiger partial charge in [-0.1, -0.05) is 12.1 Å². The van der Waals surface area contributed by atoms with Crippen LogP contribution in [0.5, 0.6) is 0 Å². The minimum absolute atomic E-state index is 0.132. The molecule has 0 radical (unpaired) electrons. The molecule has 0 aliphatic heterocycles. The number of carbonyl (C=O) groups is 2. The lowest BCUT2D eigenvalue weighted by Crippen LogP contribution is -2.37. The Morgan fingerprint density at radius 3 is 2.54 bits per heavy atom. The van der Waals surface area contributed by atoms with E-state index >= 15 is 0 Å². The van der Waals surface area contributed by atoms with Crippen LogP contribution in [0.15, 0.2) is 40.2 Å². The largest absolute Gasteiger partial charge is 0.366 e. The summed E-state index contributed by atoms with van der Waals surface area (Å²) >= 11 is 0. The van der Waals surface area contributed by atoms with Gasteiger partial charge in [0.15, 0.2) is 11.2 Å². The van der Waals surface area contributed by atoms with Crippen molar-refractivity contribution >= 4 is 28.7 Å². The van der Waals surface area contributed by atoms with Crippen LogP contribution in [0, 0.1) is 0 Å². The number of nitrogens with zero attached hydrogens (tertiary/aromatic N) is 4. The summed E-state index contributed by atoms with van der Waals surface area (Å²) in [5.41, 5.74) is 4.99. The molecule has 0 aliphatic rings. The third kappa shape index (κ3) is 2.77. The second-order valence-electron chi connectivity index (χ2n) is 5.71. The number of fused-ring (bicyclic) bond motifs is 1. The van der Waals surface area contributed by atoms with E-state index in [-0.39, 0.29) is 29.0 Å². The average molecular weight is 356 g/mol. The second-order valence-corrected chi connectivity index (χ2v) is 5.71. The van der Waals surface area contributed by atoms with Crippen molar-refractivity contribution in [3.8, 4) is 0 Å². The first kappa shape index (κ1) is 17.1. The molecule has 0 unspecified atom stereocenters. The fourth-order valence-corrected chi connectivity index (χ4v) is 2.67. The van der Waals surface area contributed by atoms with Gasteiger partial charge in [-0.2, -0.15) is 0 Å². The molecule has 0 spiro atoms. The average Bonchev–Trinajstić information content (AvgIpc) is 3.02. The Balaban J connectivity index is 1.96. The maximum atomic E-state index is 12.4. The number of nitrogens with one attached hydrogen (secondary N) is 1. The molecular formula is C16H16N6O4. The Hall–Kier alpha value is -3.69. The molecule has 2 amide bonds. The molecule has 134 valence electrons. The van der Waals surface area contributed by atoms with Crippen molar-refractivity contribution in [2.75, 3.05) is 5.32 Å². The zero-order valence-corrected chi connectivity index (χ0v) is 14.1. The summed E-state index contributed by atoms with van der Waals surface area (Å²) in [6, 6.07) is 6.33. The third-order valence-electron chi connectivity index (χ3n) is 4.00. The van der Waals surface area contributed by atoms with Gasteiger partial charge >= 0.3 is 5.69 Å². The number of hydrogen-bond acceptors (Lipinski definition) is 5. The number of primary amides is 1. The molecule has 2 aromatic heterocycles. The zero-order chi connectivity index (χ0) is 19.0. The van der Waals surface area contributed by atoms with E-state index in [1.54, 1.807) is 18.2 Å². The predicted molar refractivity (Wildman–Crippen MR) is 93.8 cm³/mol. The molecule has 0 bridgehead atoms. The number of carbonyl (C=O) groups excluding carboxylic acids is 2. The van der Waals surface area contributed by atoms with E-state index in [0.29, 0.717) is 0 Å². The van der Waals surface area contributed by atoms with Crippen LogP contribution in [0.4, 0.5) is 5.69 Å². The number of hydrogen-bond donors (Lipinski definition) is 2. The molecule has 3 aromatic rings. The van der Waals surface area contributed by atoms with Gasteiger partial charge in [0, 0.05) is 14.1 Å². The summed E-state index contributed by atoms with van der Waals surface area (Å²) in [5, 5.41) is 2.59. The van der Waals surface area contributed by atoms with Crippen LogP contribution in [-0.2, 0) is 25.4 Å². The topological polar surface area (TPSA) is 134 Å². The predicted octanol–water partition coefficient (Wildman–Crippen LogP) is -0.829. The first-order chi connectivity index (χ1) is 12.3. The summed E-state index contributed by atoms with van der Waals surface area (Å²) in [6.07, 6.45) is 1.31. The van der Waals surface area contributed by atoms with E-state index in [4.69, 9.17) is 5.73 Å². The normalized spacial score (nSPS) is 10.8. The van der Waals surface area contributed by atoms with Crippen LogP contribution in [0.3, 0.4) is 0 Å². The number of para-hydroxylation sites is 1. The molecule has 3 N–H and O–H groups in total. The standard InChI is InChI=1S/C16H16N6O4/c1-20-14-12(15(25)21(2)16(20)26)22(8-18-14)7-11(23)19-10-6-4-3-5-9(10)13(17)24/h3-6,8H,7H2,1-2H3,(H2,17,24)(H,19,23). The molecule has 0 aliphatic carbocycles. The summed E-state index contributed by atoms with van der Waals surface area (Å²) in [4.78, 5) is 52.1. The molecule has 0 fully saturated rings. The Labute approximate surface area is 146 Å². The first-order valence-corrected chi connectivity index (χ1v) is 7.60. The Morgan fingerprint density at radius 1 is 1.15 bits per heavy atom. The van der Waals surface area contributed by atoms with E-state index in [1.165, 1.54) is 35.6 Å². The van der Waals surface area contributed by atoms with Crippen LogP contribution in [0.2, 0.25) is 0 Å². The van der Waals surface area contributed by atoms with Gasteiger partial charge < -0.3 is 15.6 Å². The third-order valence-corrected chi connectivity index (χ3v) is 4.00. The Kier molecular flexibility index (Phi) is 4.16. The molecule has 0 saturated carbocycles. The highest BCUT2D eigenvalue weighted by Crippen LogP contribution is 2.14. The van der Waals surface area contributed by atoms with Gasteiger partial charge in [0.2, 0.25) is 5.91 Å². The monoisotopic (exact) mass is 356 g/mol. The van der Waals surface area contributed by atoms with Crippen molar-refractivity contribution in [2.45, 2.75) is 6.54 Å². The van der Waals surface area contributed by atoms with E-state index in [2.05, 4.69) is 10.3 Å². The van der Waals surface area contributed by atoms with Gasteiger partial charge in [-0.25, -0.2) is 9.78 Å². The van der Waals surface area contributed by atoms with Crippen LogP contribution in [-0.4, -0.2) is 30.5 Å². The number of rotatable bonds is 4. The number of aryl methyl sites for hydroxylation is 1. The number of nitrogens with two attached hydrogens (primary N) is 1. The summed E-state index contributed by atoms with van der Waals surface area (Å²) in [7, 11) is 2.84.